The quantitative estimate of drug-likeness (QED) is 0.770. The minimum absolute atomic E-state index is 0.00694. The molecular formula is C11H16N2O. The van der Waals surface area contributed by atoms with Gasteiger partial charge in [0.25, 0.3) is 5.91 Å². The molecule has 1 atom stereocenters. The van der Waals surface area contributed by atoms with Crippen molar-refractivity contribution in [3.63, 3.8) is 0 Å². The average Bonchev–Trinajstić information content (AvgIpc) is 2.16. The van der Waals surface area contributed by atoms with Crippen LogP contribution in [0.1, 0.15) is 28.9 Å². The Morgan fingerprint density at radius 2 is 2.07 bits per heavy atom. The number of hydrogen-bond acceptors (Lipinski definition) is 2. The van der Waals surface area contributed by atoms with Gasteiger partial charge in [-0.05, 0) is 24.6 Å². The molecule has 0 aliphatic rings. The van der Waals surface area contributed by atoms with Gasteiger partial charge < -0.3 is 10.6 Å². The minimum Gasteiger partial charge on any atom is -0.345 e. The molecule has 1 rings (SSSR count). The topological polar surface area (TPSA) is 46.3 Å². The van der Waals surface area contributed by atoms with Gasteiger partial charge in [0.05, 0.1) is 0 Å². The Balaban J connectivity index is 3.00. The molecule has 3 nitrogen and oxygen atoms in total. The lowest BCUT2D eigenvalue weighted by molar-refractivity contribution is 0.0827. The monoisotopic (exact) mass is 192 g/mol. The maximum atomic E-state index is 11.6. The van der Waals surface area contributed by atoms with Gasteiger partial charge in [-0.2, -0.15) is 0 Å². The van der Waals surface area contributed by atoms with E-state index in [4.69, 9.17) is 5.73 Å². The molecule has 0 bridgehead atoms. The molecule has 1 aromatic carbocycles. The molecule has 0 aliphatic heterocycles. The summed E-state index contributed by atoms with van der Waals surface area (Å²) in [6.07, 6.45) is 0. The lowest BCUT2D eigenvalue weighted by atomic mass is 10.1. The summed E-state index contributed by atoms with van der Waals surface area (Å²) in [5, 5.41) is 0. The third-order valence-electron chi connectivity index (χ3n) is 2.07. The Kier molecular flexibility index (Phi) is 3.25. The first-order valence-electron chi connectivity index (χ1n) is 4.59. The van der Waals surface area contributed by atoms with Gasteiger partial charge in [0.2, 0.25) is 0 Å². The van der Waals surface area contributed by atoms with Crippen molar-refractivity contribution < 1.29 is 4.79 Å². The third kappa shape index (κ3) is 2.33. The number of benzene rings is 1. The summed E-state index contributed by atoms with van der Waals surface area (Å²) in [6, 6.07) is 7.39. The zero-order valence-electron chi connectivity index (χ0n) is 8.82. The average molecular weight is 192 g/mol. The number of hydrogen-bond donors (Lipinski definition) is 1. The van der Waals surface area contributed by atoms with E-state index in [1.807, 2.05) is 25.1 Å². The molecule has 0 saturated heterocycles. The van der Waals surface area contributed by atoms with E-state index >= 15 is 0 Å². The third-order valence-corrected chi connectivity index (χ3v) is 2.07. The fourth-order valence-corrected chi connectivity index (χ4v) is 1.21. The first-order chi connectivity index (χ1) is 6.52. The van der Waals surface area contributed by atoms with E-state index in [0.717, 1.165) is 5.56 Å². The van der Waals surface area contributed by atoms with Gasteiger partial charge in [0.1, 0.15) is 0 Å². The molecule has 0 saturated carbocycles. The fraction of sp³-hybridized carbons (Fsp3) is 0.364. The molecule has 14 heavy (non-hydrogen) atoms. The molecular weight excluding hydrogens is 176 g/mol. The fourth-order valence-electron chi connectivity index (χ4n) is 1.21. The second-order valence-corrected chi connectivity index (χ2v) is 3.61. The normalized spacial score (nSPS) is 12.3. The smallest absolute Gasteiger partial charge is 0.253 e. The summed E-state index contributed by atoms with van der Waals surface area (Å²) in [4.78, 5) is 13.2. The molecule has 1 aromatic rings. The van der Waals surface area contributed by atoms with Gasteiger partial charge in [0.15, 0.2) is 0 Å². The molecule has 3 heteroatoms. The highest BCUT2D eigenvalue weighted by Gasteiger charge is 2.08. The van der Waals surface area contributed by atoms with Crippen molar-refractivity contribution in [2.75, 3.05) is 14.1 Å². The van der Waals surface area contributed by atoms with Crippen LogP contribution in [0.5, 0.6) is 0 Å². The van der Waals surface area contributed by atoms with Crippen molar-refractivity contribution in [2.45, 2.75) is 13.0 Å². The molecule has 0 fully saturated rings. The molecule has 0 unspecified atom stereocenters. The second-order valence-electron chi connectivity index (χ2n) is 3.61. The van der Waals surface area contributed by atoms with Crippen LogP contribution < -0.4 is 5.73 Å². The van der Waals surface area contributed by atoms with Crippen molar-refractivity contribution in [3.05, 3.63) is 35.4 Å². The summed E-state index contributed by atoms with van der Waals surface area (Å²) < 4.78 is 0. The summed E-state index contributed by atoms with van der Waals surface area (Å²) in [5.74, 6) is 0.00694. The molecule has 0 spiro atoms. The van der Waals surface area contributed by atoms with Gasteiger partial charge in [-0.25, -0.2) is 0 Å². The summed E-state index contributed by atoms with van der Waals surface area (Å²) >= 11 is 0. The Labute approximate surface area is 84.5 Å². The Hall–Kier alpha value is -1.35. The molecule has 0 radical (unpaired) electrons. The zero-order valence-corrected chi connectivity index (χ0v) is 8.82. The van der Waals surface area contributed by atoms with Gasteiger partial charge in [-0.1, -0.05) is 12.1 Å². The Morgan fingerprint density at radius 3 is 2.57 bits per heavy atom. The van der Waals surface area contributed by atoms with E-state index in [2.05, 4.69) is 0 Å². The first-order valence-corrected chi connectivity index (χ1v) is 4.59. The molecule has 0 aliphatic carbocycles. The van der Waals surface area contributed by atoms with Crippen molar-refractivity contribution in [1.29, 1.82) is 0 Å². The van der Waals surface area contributed by atoms with Crippen molar-refractivity contribution in [3.8, 4) is 0 Å². The number of rotatable bonds is 2. The van der Waals surface area contributed by atoms with Gasteiger partial charge in [-0.3, -0.25) is 4.79 Å². The van der Waals surface area contributed by atoms with Crippen LogP contribution in [0.3, 0.4) is 0 Å². The van der Waals surface area contributed by atoms with Crippen LogP contribution in [0.25, 0.3) is 0 Å². The lowest BCUT2D eigenvalue weighted by Gasteiger charge is -2.12. The van der Waals surface area contributed by atoms with Crippen molar-refractivity contribution >= 4 is 5.91 Å². The van der Waals surface area contributed by atoms with Crippen molar-refractivity contribution in [2.24, 2.45) is 5.73 Å². The van der Waals surface area contributed by atoms with Crippen LogP contribution in [0.2, 0.25) is 0 Å². The summed E-state index contributed by atoms with van der Waals surface area (Å²) in [5.41, 5.74) is 7.40. The minimum atomic E-state index is -0.0371. The number of carbonyl (C=O) groups is 1. The van der Waals surface area contributed by atoms with Gasteiger partial charge in [-0.15, -0.1) is 0 Å². The van der Waals surface area contributed by atoms with Crippen LogP contribution in [0.4, 0.5) is 0 Å². The number of amides is 1. The van der Waals surface area contributed by atoms with E-state index in [1.54, 1.807) is 25.1 Å². The maximum absolute atomic E-state index is 11.6. The molecule has 0 heterocycles. The summed E-state index contributed by atoms with van der Waals surface area (Å²) in [7, 11) is 3.47. The first kappa shape index (κ1) is 10.7. The van der Waals surface area contributed by atoms with E-state index in [9.17, 15) is 4.79 Å². The molecule has 2 N–H and O–H groups in total. The van der Waals surface area contributed by atoms with Gasteiger partial charge >= 0.3 is 0 Å². The highest BCUT2D eigenvalue weighted by molar-refractivity contribution is 5.94. The van der Waals surface area contributed by atoms with Crippen LogP contribution in [-0.2, 0) is 0 Å². The predicted molar refractivity (Wildman–Crippen MR) is 57.1 cm³/mol. The van der Waals surface area contributed by atoms with Crippen LogP contribution >= 0.6 is 0 Å². The van der Waals surface area contributed by atoms with E-state index in [-0.39, 0.29) is 11.9 Å². The van der Waals surface area contributed by atoms with E-state index in [0.29, 0.717) is 5.56 Å². The van der Waals surface area contributed by atoms with E-state index in [1.165, 1.54) is 0 Å². The molecule has 76 valence electrons. The highest BCUT2D eigenvalue weighted by Crippen LogP contribution is 2.12. The van der Waals surface area contributed by atoms with Gasteiger partial charge in [0, 0.05) is 25.7 Å². The van der Waals surface area contributed by atoms with Crippen LogP contribution in [0.15, 0.2) is 24.3 Å². The number of nitrogens with two attached hydrogens (primary N) is 1. The highest BCUT2D eigenvalue weighted by atomic mass is 16.2. The SMILES string of the molecule is C[C@@H](N)c1cccc(C(=O)N(C)C)c1. The predicted octanol–water partition coefficient (Wildman–Crippen LogP) is 1.41. The van der Waals surface area contributed by atoms with Crippen LogP contribution in [0, 0.1) is 0 Å². The van der Waals surface area contributed by atoms with Crippen LogP contribution in [-0.4, -0.2) is 24.9 Å². The number of carbonyl (C=O) groups excluding carboxylic acids is 1. The maximum Gasteiger partial charge on any atom is 0.253 e. The second kappa shape index (κ2) is 4.24. The molecule has 0 aromatic heterocycles. The Bertz CT molecular complexity index is 332. The van der Waals surface area contributed by atoms with Crippen molar-refractivity contribution in [1.82, 2.24) is 4.90 Å². The number of nitrogens with zero attached hydrogens (tertiary/aromatic N) is 1. The summed E-state index contributed by atoms with van der Waals surface area (Å²) in [6.45, 7) is 1.90. The Morgan fingerprint density at radius 1 is 1.43 bits per heavy atom. The zero-order chi connectivity index (χ0) is 10.7. The largest absolute Gasteiger partial charge is 0.345 e. The lowest BCUT2D eigenvalue weighted by Crippen LogP contribution is -2.22. The molecule has 1 amide bonds. The van der Waals surface area contributed by atoms with E-state index < -0.39 is 0 Å². The standard InChI is InChI=1S/C11H16N2O/c1-8(12)9-5-4-6-10(7-9)11(14)13(2)3/h4-8H,12H2,1-3H3/t8-/m1/s1.